The normalized spacial score (nSPS) is 12.1. The van der Waals surface area contributed by atoms with Gasteiger partial charge in [-0.05, 0) is 91.7 Å². The first-order chi connectivity index (χ1) is 14.4. The van der Waals surface area contributed by atoms with E-state index in [4.69, 9.17) is 27.9 Å². The van der Waals surface area contributed by atoms with Crippen LogP contribution in [-0.4, -0.2) is 32.1 Å². The second-order valence-electron chi connectivity index (χ2n) is 7.54. The summed E-state index contributed by atoms with van der Waals surface area (Å²) < 4.78 is 5.90. The maximum absolute atomic E-state index is 6.13. The molecule has 0 bridgehead atoms. The highest BCUT2D eigenvalue weighted by molar-refractivity contribution is 6.31. The van der Waals surface area contributed by atoms with Crippen molar-refractivity contribution in [3.63, 3.8) is 0 Å². The molecule has 0 aliphatic carbocycles. The SMILES string of the molecule is C/C(=C(/c1ccc(Cl)cc1)c1ccc(OCCCN(C)C)cc1)c1ccc(Cl)cc1. The lowest BCUT2D eigenvalue weighted by atomic mass is 9.90. The molecule has 0 aliphatic heterocycles. The van der Waals surface area contributed by atoms with Crippen LogP contribution in [0.2, 0.25) is 10.0 Å². The minimum absolute atomic E-state index is 0.710. The Bertz CT molecular complexity index is 975. The Morgan fingerprint density at radius 3 is 1.70 bits per heavy atom. The van der Waals surface area contributed by atoms with Gasteiger partial charge in [-0.1, -0.05) is 59.6 Å². The molecule has 3 aromatic carbocycles. The summed E-state index contributed by atoms with van der Waals surface area (Å²) in [5.41, 5.74) is 5.71. The van der Waals surface area contributed by atoms with Gasteiger partial charge in [0.2, 0.25) is 0 Å². The number of allylic oxidation sites excluding steroid dienone is 1. The third-order valence-corrected chi connectivity index (χ3v) is 5.45. The fourth-order valence-corrected chi connectivity index (χ4v) is 3.60. The lowest BCUT2D eigenvalue weighted by Gasteiger charge is -2.15. The van der Waals surface area contributed by atoms with E-state index in [9.17, 15) is 0 Å². The Balaban J connectivity index is 1.91. The van der Waals surface area contributed by atoms with Crippen molar-refractivity contribution in [3.05, 3.63) is 99.5 Å². The van der Waals surface area contributed by atoms with Gasteiger partial charge in [-0.2, -0.15) is 0 Å². The smallest absolute Gasteiger partial charge is 0.119 e. The van der Waals surface area contributed by atoms with Crippen LogP contribution in [0.4, 0.5) is 0 Å². The molecule has 0 saturated heterocycles. The van der Waals surface area contributed by atoms with Crippen molar-refractivity contribution in [2.45, 2.75) is 13.3 Å². The number of ether oxygens (including phenoxy) is 1. The Morgan fingerprint density at radius 2 is 1.20 bits per heavy atom. The number of nitrogens with zero attached hydrogens (tertiary/aromatic N) is 1. The van der Waals surface area contributed by atoms with Crippen LogP contribution < -0.4 is 4.74 Å². The molecule has 0 atom stereocenters. The van der Waals surface area contributed by atoms with Crippen LogP contribution >= 0.6 is 23.2 Å². The van der Waals surface area contributed by atoms with Crippen molar-refractivity contribution in [1.29, 1.82) is 0 Å². The molecule has 0 N–H and O–H groups in total. The number of rotatable bonds is 8. The zero-order valence-electron chi connectivity index (χ0n) is 17.7. The van der Waals surface area contributed by atoms with E-state index < -0.39 is 0 Å². The molecule has 3 rings (SSSR count). The van der Waals surface area contributed by atoms with Crippen LogP contribution in [0.1, 0.15) is 30.0 Å². The third-order valence-electron chi connectivity index (χ3n) is 4.95. The minimum Gasteiger partial charge on any atom is -0.494 e. The molecule has 0 saturated carbocycles. The van der Waals surface area contributed by atoms with E-state index in [1.807, 2.05) is 36.4 Å². The van der Waals surface area contributed by atoms with Gasteiger partial charge >= 0.3 is 0 Å². The predicted octanol–water partition coefficient (Wildman–Crippen LogP) is 7.30. The van der Waals surface area contributed by atoms with Crippen molar-refractivity contribution in [2.75, 3.05) is 27.2 Å². The quantitative estimate of drug-likeness (QED) is 0.269. The molecule has 3 aromatic rings. The first kappa shape index (κ1) is 22.4. The van der Waals surface area contributed by atoms with Crippen LogP contribution in [-0.2, 0) is 0 Å². The minimum atomic E-state index is 0.710. The molecule has 0 fully saturated rings. The first-order valence-corrected chi connectivity index (χ1v) is 10.8. The van der Waals surface area contributed by atoms with Gasteiger partial charge in [-0.3, -0.25) is 0 Å². The summed E-state index contributed by atoms with van der Waals surface area (Å²) in [6.07, 6.45) is 1.00. The highest BCUT2D eigenvalue weighted by atomic mass is 35.5. The van der Waals surface area contributed by atoms with Gasteiger partial charge in [0.15, 0.2) is 0 Å². The number of hydrogen-bond donors (Lipinski definition) is 0. The van der Waals surface area contributed by atoms with E-state index in [0.717, 1.165) is 51.0 Å². The van der Waals surface area contributed by atoms with E-state index in [2.05, 4.69) is 62.3 Å². The molecule has 156 valence electrons. The summed E-state index contributed by atoms with van der Waals surface area (Å²) in [6, 6.07) is 24.2. The second-order valence-corrected chi connectivity index (χ2v) is 8.42. The lowest BCUT2D eigenvalue weighted by molar-refractivity contribution is 0.281. The van der Waals surface area contributed by atoms with Crippen molar-refractivity contribution >= 4 is 34.3 Å². The van der Waals surface area contributed by atoms with E-state index in [1.165, 1.54) is 5.57 Å². The Morgan fingerprint density at radius 1 is 0.733 bits per heavy atom. The Hall–Kier alpha value is -2.26. The molecular formula is C26H27Cl2NO. The van der Waals surface area contributed by atoms with Gasteiger partial charge in [-0.15, -0.1) is 0 Å². The van der Waals surface area contributed by atoms with E-state index in [0.29, 0.717) is 6.61 Å². The van der Waals surface area contributed by atoms with Crippen molar-refractivity contribution in [3.8, 4) is 5.75 Å². The van der Waals surface area contributed by atoms with E-state index in [1.54, 1.807) is 0 Å². The molecule has 0 radical (unpaired) electrons. The van der Waals surface area contributed by atoms with Crippen molar-refractivity contribution < 1.29 is 4.74 Å². The largest absolute Gasteiger partial charge is 0.494 e. The van der Waals surface area contributed by atoms with Crippen LogP contribution in [0.25, 0.3) is 11.1 Å². The maximum Gasteiger partial charge on any atom is 0.119 e. The first-order valence-electron chi connectivity index (χ1n) is 10.0. The third kappa shape index (κ3) is 6.12. The maximum atomic E-state index is 6.13. The summed E-state index contributed by atoms with van der Waals surface area (Å²) in [5.74, 6) is 0.886. The monoisotopic (exact) mass is 439 g/mol. The van der Waals surface area contributed by atoms with Gasteiger partial charge < -0.3 is 9.64 Å². The zero-order chi connectivity index (χ0) is 21.5. The molecule has 30 heavy (non-hydrogen) atoms. The lowest BCUT2D eigenvalue weighted by Crippen LogP contribution is -2.15. The summed E-state index contributed by atoms with van der Waals surface area (Å²) in [5, 5.41) is 1.46. The highest BCUT2D eigenvalue weighted by Crippen LogP contribution is 2.34. The Kier molecular flexibility index (Phi) is 7.98. The summed E-state index contributed by atoms with van der Waals surface area (Å²) in [6.45, 7) is 3.86. The molecule has 0 heterocycles. The number of hydrogen-bond acceptors (Lipinski definition) is 2. The Labute approximate surface area is 189 Å². The van der Waals surface area contributed by atoms with Crippen LogP contribution in [0.15, 0.2) is 72.8 Å². The fourth-order valence-electron chi connectivity index (χ4n) is 3.35. The highest BCUT2D eigenvalue weighted by Gasteiger charge is 2.11. The molecule has 0 aromatic heterocycles. The van der Waals surface area contributed by atoms with Crippen LogP contribution in [0.3, 0.4) is 0 Å². The number of benzene rings is 3. The molecule has 0 unspecified atom stereocenters. The van der Waals surface area contributed by atoms with Crippen molar-refractivity contribution in [1.82, 2.24) is 4.90 Å². The van der Waals surface area contributed by atoms with E-state index in [-0.39, 0.29) is 0 Å². The predicted molar refractivity (Wildman–Crippen MR) is 130 cm³/mol. The topological polar surface area (TPSA) is 12.5 Å². The van der Waals surface area contributed by atoms with Gasteiger partial charge in [0.05, 0.1) is 6.61 Å². The van der Waals surface area contributed by atoms with Gasteiger partial charge in [0.25, 0.3) is 0 Å². The average Bonchev–Trinajstić information content (AvgIpc) is 2.74. The zero-order valence-corrected chi connectivity index (χ0v) is 19.2. The molecule has 0 spiro atoms. The summed E-state index contributed by atoms with van der Waals surface area (Å²) in [4.78, 5) is 2.16. The molecular weight excluding hydrogens is 413 g/mol. The van der Waals surface area contributed by atoms with Gasteiger partial charge in [0, 0.05) is 16.6 Å². The summed E-state index contributed by atoms with van der Waals surface area (Å²) >= 11 is 12.2. The molecule has 0 amide bonds. The van der Waals surface area contributed by atoms with Crippen LogP contribution in [0.5, 0.6) is 5.75 Å². The van der Waals surface area contributed by atoms with Gasteiger partial charge in [0.1, 0.15) is 5.75 Å². The molecule has 0 aliphatic rings. The average molecular weight is 440 g/mol. The van der Waals surface area contributed by atoms with Crippen LogP contribution in [0, 0.1) is 0 Å². The molecule has 2 nitrogen and oxygen atoms in total. The summed E-state index contributed by atoms with van der Waals surface area (Å²) in [7, 11) is 4.14. The van der Waals surface area contributed by atoms with E-state index >= 15 is 0 Å². The van der Waals surface area contributed by atoms with Crippen molar-refractivity contribution in [2.24, 2.45) is 0 Å². The standard InChI is InChI=1S/C26H27Cl2NO/c1-19(20-5-11-23(27)12-6-20)26(21-7-13-24(28)14-8-21)22-9-15-25(16-10-22)30-18-4-17-29(2)3/h5-16H,4,17-18H2,1-3H3/b26-19+. The van der Waals surface area contributed by atoms with Gasteiger partial charge in [-0.25, -0.2) is 0 Å². The molecule has 4 heteroatoms. The number of halogens is 2. The second kappa shape index (κ2) is 10.7. The fraction of sp³-hybridized carbons (Fsp3) is 0.231.